The Hall–Kier alpha value is -1.18. The molecule has 28 heavy (non-hydrogen) atoms. The van der Waals surface area contributed by atoms with Crippen molar-refractivity contribution in [1.82, 2.24) is 0 Å². The Morgan fingerprint density at radius 1 is 0.786 bits per heavy atom. The Morgan fingerprint density at radius 2 is 1.18 bits per heavy atom. The van der Waals surface area contributed by atoms with E-state index in [0.29, 0.717) is 12.8 Å². The van der Waals surface area contributed by atoms with Crippen LogP contribution in [0.3, 0.4) is 0 Å². The van der Waals surface area contributed by atoms with Crippen molar-refractivity contribution in [2.45, 2.75) is 97.2 Å². The van der Waals surface area contributed by atoms with Gasteiger partial charge in [0.05, 0.1) is 12.0 Å². The Morgan fingerprint density at radius 3 is 1.50 bits per heavy atom. The number of carbonyl (C=O) groups excluding carboxylic acids is 2. The average Bonchev–Trinajstić information content (AvgIpc) is 2.70. The number of hydrogen-bond donors (Lipinski definition) is 3. The summed E-state index contributed by atoms with van der Waals surface area (Å²) in [5.41, 5.74) is -0.991. The maximum Gasteiger partial charge on any atom is 0.334 e. The monoisotopic (exact) mass is 404 g/mol. The molecule has 0 radical (unpaired) electrons. The van der Waals surface area contributed by atoms with Crippen molar-refractivity contribution in [2.24, 2.45) is 5.41 Å². The van der Waals surface area contributed by atoms with Crippen LogP contribution in [-0.4, -0.2) is 59.3 Å². The number of carbonyl (C=O) groups is 2. The fraction of sp³-hybridized carbons (Fsp3) is 0.905. The second-order valence-electron chi connectivity index (χ2n) is 7.91. The molecule has 0 aliphatic carbocycles. The van der Waals surface area contributed by atoms with Gasteiger partial charge >= 0.3 is 11.9 Å². The lowest BCUT2D eigenvalue weighted by atomic mass is 9.94. The van der Waals surface area contributed by atoms with Crippen molar-refractivity contribution in [3.8, 4) is 0 Å². The summed E-state index contributed by atoms with van der Waals surface area (Å²) in [4.78, 5) is 23.8. The third-order valence-electron chi connectivity index (χ3n) is 4.71. The first-order valence-corrected chi connectivity index (χ1v) is 10.6. The van der Waals surface area contributed by atoms with Crippen molar-refractivity contribution in [1.29, 1.82) is 0 Å². The molecule has 2 atom stereocenters. The molecule has 0 saturated carbocycles. The van der Waals surface area contributed by atoms with Crippen LogP contribution < -0.4 is 0 Å². The second kappa shape index (κ2) is 15.7. The zero-order valence-electron chi connectivity index (χ0n) is 17.8. The summed E-state index contributed by atoms with van der Waals surface area (Å²) in [7, 11) is 0. The molecule has 7 heteroatoms. The van der Waals surface area contributed by atoms with Crippen LogP contribution in [-0.2, 0) is 19.1 Å². The Labute approximate surface area is 169 Å². The molecule has 0 aliphatic rings. The first-order valence-electron chi connectivity index (χ1n) is 10.6. The van der Waals surface area contributed by atoms with Gasteiger partial charge in [-0.15, -0.1) is 0 Å². The fourth-order valence-corrected chi connectivity index (χ4v) is 2.58. The molecule has 0 heterocycles. The van der Waals surface area contributed by atoms with Gasteiger partial charge in [-0.05, 0) is 12.8 Å². The molecule has 2 unspecified atom stereocenters. The number of aliphatic hydroxyl groups excluding tert-OH is 3. The fourth-order valence-electron chi connectivity index (χ4n) is 2.58. The van der Waals surface area contributed by atoms with Crippen LogP contribution in [0.4, 0.5) is 0 Å². The third-order valence-corrected chi connectivity index (χ3v) is 4.71. The van der Waals surface area contributed by atoms with E-state index in [0.717, 1.165) is 51.4 Å². The van der Waals surface area contributed by atoms with Crippen LogP contribution in [0, 0.1) is 5.41 Å². The van der Waals surface area contributed by atoms with Gasteiger partial charge in [0.15, 0.2) is 12.2 Å². The van der Waals surface area contributed by atoms with Crippen molar-refractivity contribution < 1.29 is 34.4 Å². The maximum atomic E-state index is 11.9. The smallest absolute Gasteiger partial charge is 0.334 e. The molecule has 0 fully saturated rings. The lowest BCUT2D eigenvalue weighted by Gasteiger charge is -2.27. The van der Waals surface area contributed by atoms with Crippen molar-refractivity contribution in [2.75, 3.05) is 19.8 Å². The predicted octanol–water partition coefficient (Wildman–Crippen LogP) is 2.73. The Bertz CT molecular complexity index is 391. The zero-order valence-corrected chi connectivity index (χ0v) is 17.8. The summed E-state index contributed by atoms with van der Waals surface area (Å²) in [6, 6.07) is 0. The number of esters is 2. The molecule has 7 nitrogen and oxygen atoms in total. The molecule has 166 valence electrons. The van der Waals surface area contributed by atoms with Crippen LogP contribution >= 0.6 is 0 Å². The number of hydrogen-bond acceptors (Lipinski definition) is 7. The molecular weight excluding hydrogens is 364 g/mol. The zero-order chi connectivity index (χ0) is 21.4. The highest BCUT2D eigenvalue weighted by atomic mass is 16.6. The highest BCUT2D eigenvalue weighted by molar-refractivity contribution is 5.74. The molecule has 0 aromatic heterocycles. The summed E-state index contributed by atoms with van der Waals surface area (Å²) in [6.45, 7) is 5.03. The number of rotatable bonds is 17. The Kier molecular flexibility index (Phi) is 15.0. The normalized spacial score (nSPS) is 15.5. The Balaban J connectivity index is 4.24. The first kappa shape index (κ1) is 26.8. The molecule has 0 saturated heterocycles. The van der Waals surface area contributed by atoms with Gasteiger partial charge in [0.2, 0.25) is 0 Å². The van der Waals surface area contributed by atoms with E-state index in [-0.39, 0.29) is 19.8 Å². The van der Waals surface area contributed by atoms with Crippen molar-refractivity contribution >= 4 is 11.9 Å². The lowest BCUT2D eigenvalue weighted by Crippen LogP contribution is -2.38. The maximum absolute atomic E-state index is 11.9. The van der Waals surface area contributed by atoms with Crippen LogP contribution in [0.2, 0.25) is 0 Å². The van der Waals surface area contributed by atoms with Gasteiger partial charge in [0.1, 0.15) is 13.2 Å². The highest BCUT2D eigenvalue weighted by Gasteiger charge is 2.30. The molecule has 0 aromatic carbocycles. The third kappa shape index (κ3) is 12.3. The van der Waals surface area contributed by atoms with E-state index in [1.165, 1.54) is 0 Å². The van der Waals surface area contributed by atoms with Crippen LogP contribution in [0.25, 0.3) is 0 Å². The van der Waals surface area contributed by atoms with Gasteiger partial charge in [0, 0.05) is 0 Å². The van der Waals surface area contributed by atoms with Gasteiger partial charge in [-0.3, -0.25) is 0 Å². The largest absolute Gasteiger partial charge is 0.463 e. The van der Waals surface area contributed by atoms with Crippen LogP contribution in [0.5, 0.6) is 0 Å². The molecule has 0 aliphatic heterocycles. The molecule has 3 N–H and O–H groups in total. The van der Waals surface area contributed by atoms with E-state index in [9.17, 15) is 24.9 Å². The molecule has 0 bridgehead atoms. The summed E-state index contributed by atoms with van der Waals surface area (Å²) < 4.78 is 10.2. The molecule has 0 spiro atoms. The number of unbranched alkanes of at least 4 members (excludes halogenated alkanes) is 6. The number of ether oxygens (including phenoxy) is 2. The molecule has 0 rings (SSSR count). The molecule has 0 aromatic rings. The summed E-state index contributed by atoms with van der Waals surface area (Å²) in [5, 5.41) is 29.3. The van der Waals surface area contributed by atoms with Gasteiger partial charge < -0.3 is 24.8 Å². The van der Waals surface area contributed by atoms with Crippen molar-refractivity contribution in [3.63, 3.8) is 0 Å². The van der Waals surface area contributed by atoms with E-state index in [2.05, 4.69) is 13.8 Å². The minimum Gasteiger partial charge on any atom is -0.463 e. The highest BCUT2D eigenvalue weighted by Crippen LogP contribution is 2.18. The van der Waals surface area contributed by atoms with E-state index < -0.39 is 29.6 Å². The summed E-state index contributed by atoms with van der Waals surface area (Å²) >= 11 is 0. The molecule has 0 amide bonds. The van der Waals surface area contributed by atoms with Gasteiger partial charge in [-0.25, -0.2) is 9.59 Å². The lowest BCUT2D eigenvalue weighted by molar-refractivity contribution is -0.165. The van der Waals surface area contributed by atoms with E-state index in [1.54, 1.807) is 6.92 Å². The van der Waals surface area contributed by atoms with Gasteiger partial charge in [-0.2, -0.15) is 0 Å². The number of aliphatic hydroxyl groups is 3. The van der Waals surface area contributed by atoms with Gasteiger partial charge in [-0.1, -0.05) is 72.1 Å². The van der Waals surface area contributed by atoms with E-state index in [4.69, 9.17) is 9.47 Å². The summed E-state index contributed by atoms with van der Waals surface area (Å²) in [5.74, 6) is -1.48. The molecular formula is C21H40O7. The van der Waals surface area contributed by atoms with Crippen molar-refractivity contribution in [3.05, 3.63) is 0 Å². The van der Waals surface area contributed by atoms with Crippen LogP contribution in [0.15, 0.2) is 0 Å². The quantitative estimate of drug-likeness (QED) is 0.252. The van der Waals surface area contributed by atoms with Gasteiger partial charge in [0.25, 0.3) is 0 Å². The first-order chi connectivity index (χ1) is 13.3. The average molecular weight is 405 g/mol. The second-order valence-corrected chi connectivity index (χ2v) is 7.91. The predicted molar refractivity (Wildman–Crippen MR) is 107 cm³/mol. The topological polar surface area (TPSA) is 113 Å². The van der Waals surface area contributed by atoms with E-state index >= 15 is 0 Å². The SMILES string of the molecule is CCCCCCC(O)C(=O)OCC(C)(CO)COC(=O)C(O)CCCCCC. The van der Waals surface area contributed by atoms with E-state index in [1.807, 2.05) is 0 Å². The van der Waals surface area contributed by atoms with Crippen LogP contribution in [0.1, 0.15) is 85.0 Å². The summed E-state index contributed by atoms with van der Waals surface area (Å²) in [6.07, 6.45) is 5.95. The minimum absolute atomic E-state index is 0.186. The standard InChI is InChI=1S/C21H40O7/c1-4-6-8-10-12-17(23)19(25)27-15-21(3,14-22)16-28-20(26)18(24)13-11-9-7-5-2/h17-18,22-24H,4-16H2,1-3H3. The minimum atomic E-state index is -1.19.